The van der Waals surface area contributed by atoms with E-state index >= 15 is 0 Å². The molecule has 6 nitrogen and oxygen atoms in total. The van der Waals surface area contributed by atoms with Gasteiger partial charge in [0.05, 0.1) is 19.1 Å². The summed E-state index contributed by atoms with van der Waals surface area (Å²) in [6, 6.07) is 6.01. The highest BCUT2D eigenvalue weighted by atomic mass is 16.5. The Balaban J connectivity index is 2.49. The largest absolute Gasteiger partial charge is 0.496 e. The van der Waals surface area contributed by atoms with Crippen LogP contribution in [0.1, 0.15) is 23.7 Å². The third-order valence-corrected chi connectivity index (χ3v) is 4.33. The van der Waals surface area contributed by atoms with Crippen LogP contribution in [-0.2, 0) is 6.54 Å². The van der Waals surface area contributed by atoms with Gasteiger partial charge < -0.3 is 15.0 Å². The maximum Gasteiger partial charge on any atom is 0.166 e. The van der Waals surface area contributed by atoms with Crippen LogP contribution < -0.4 is 10.5 Å². The van der Waals surface area contributed by atoms with Crippen molar-refractivity contribution in [2.45, 2.75) is 27.3 Å². The summed E-state index contributed by atoms with van der Waals surface area (Å²) in [5.41, 5.74) is 11.9. The van der Waals surface area contributed by atoms with Gasteiger partial charge in [0, 0.05) is 12.1 Å². The number of hydrogen-bond donors (Lipinski definition) is 1. The number of nitrogens with two attached hydrogens (primary N) is 1. The summed E-state index contributed by atoms with van der Waals surface area (Å²) in [6.07, 6.45) is 1.73. The number of aromatic nitrogens is 3. The molecule has 2 N–H and O–H groups in total. The van der Waals surface area contributed by atoms with Gasteiger partial charge in [0.25, 0.3) is 0 Å². The first kappa shape index (κ1) is 15.8. The predicted octanol–water partition coefficient (Wildman–Crippen LogP) is 3.20. The first-order valence-corrected chi connectivity index (χ1v) is 7.72. The molecule has 2 aromatic heterocycles. The molecule has 0 fully saturated rings. The molecule has 0 atom stereocenters. The Labute approximate surface area is 140 Å². The lowest BCUT2D eigenvalue weighted by Crippen LogP contribution is -2.04. The zero-order valence-corrected chi connectivity index (χ0v) is 14.2. The maximum absolute atomic E-state index is 9.44. The van der Waals surface area contributed by atoms with E-state index in [1.807, 2.05) is 37.5 Å². The molecular weight excluding hydrogens is 302 g/mol. The zero-order chi connectivity index (χ0) is 17.4. The van der Waals surface area contributed by atoms with Crippen LogP contribution in [0.25, 0.3) is 22.3 Å². The monoisotopic (exact) mass is 321 g/mol. The second-order valence-corrected chi connectivity index (χ2v) is 5.65. The number of benzene rings is 1. The summed E-state index contributed by atoms with van der Waals surface area (Å²) in [4.78, 5) is 8.91. The number of nitriles is 1. The Hall–Kier alpha value is -3.07. The van der Waals surface area contributed by atoms with Gasteiger partial charge in [-0.1, -0.05) is 6.07 Å². The van der Waals surface area contributed by atoms with Crippen molar-refractivity contribution in [3.8, 4) is 22.9 Å². The number of pyridine rings is 1. The van der Waals surface area contributed by atoms with Gasteiger partial charge in [0.15, 0.2) is 11.3 Å². The van der Waals surface area contributed by atoms with Crippen LogP contribution in [0.5, 0.6) is 5.75 Å². The van der Waals surface area contributed by atoms with Gasteiger partial charge in [-0.2, -0.15) is 5.26 Å². The second-order valence-electron chi connectivity index (χ2n) is 5.65. The number of aryl methyl sites for hydroxylation is 2. The molecule has 0 aliphatic carbocycles. The van der Waals surface area contributed by atoms with E-state index in [9.17, 15) is 5.26 Å². The minimum absolute atomic E-state index is 0.217. The standard InChI is InChI=1S/C18H19N5O/c1-5-23-9-21-17-15(16(20)12(8-19)22-18(17)23)14-10(2)6-7-13(24-4)11(14)3/h6-7,9H,5,20H2,1-4H3. The number of imidazole rings is 1. The van der Waals surface area contributed by atoms with Crippen LogP contribution in [0.4, 0.5) is 5.69 Å². The van der Waals surface area contributed by atoms with Crippen LogP contribution in [0, 0.1) is 25.2 Å². The number of ether oxygens (including phenoxy) is 1. The first-order valence-electron chi connectivity index (χ1n) is 7.72. The molecule has 0 bridgehead atoms. The third kappa shape index (κ3) is 2.17. The van der Waals surface area contributed by atoms with Gasteiger partial charge in [-0.05, 0) is 43.5 Å². The highest BCUT2D eigenvalue weighted by Crippen LogP contribution is 2.40. The third-order valence-electron chi connectivity index (χ3n) is 4.33. The average Bonchev–Trinajstić information content (AvgIpc) is 2.99. The molecular formula is C18H19N5O. The van der Waals surface area contributed by atoms with Crippen molar-refractivity contribution < 1.29 is 4.74 Å². The van der Waals surface area contributed by atoms with Crippen molar-refractivity contribution in [3.05, 3.63) is 35.3 Å². The molecule has 122 valence electrons. The van der Waals surface area contributed by atoms with Crippen molar-refractivity contribution in [2.75, 3.05) is 12.8 Å². The number of nitrogen functional groups attached to an aromatic ring is 1. The molecule has 2 heterocycles. The maximum atomic E-state index is 9.44. The summed E-state index contributed by atoms with van der Waals surface area (Å²) in [5, 5.41) is 9.44. The second kappa shape index (κ2) is 5.85. The molecule has 0 amide bonds. The van der Waals surface area contributed by atoms with E-state index in [-0.39, 0.29) is 5.69 Å². The predicted molar refractivity (Wildman–Crippen MR) is 93.8 cm³/mol. The molecule has 0 spiro atoms. The van der Waals surface area contributed by atoms with Gasteiger partial charge in [-0.3, -0.25) is 0 Å². The molecule has 24 heavy (non-hydrogen) atoms. The van der Waals surface area contributed by atoms with E-state index in [0.29, 0.717) is 23.4 Å². The molecule has 3 aromatic rings. The summed E-state index contributed by atoms with van der Waals surface area (Å²) in [5.74, 6) is 0.772. The minimum atomic E-state index is 0.217. The van der Waals surface area contributed by atoms with Gasteiger partial charge in [-0.15, -0.1) is 0 Å². The normalized spacial score (nSPS) is 10.8. The van der Waals surface area contributed by atoms with Crippen molar-refractivity contribution >= 4 is 16.9 Å². The zero-order valence-electron chi connectivity index (χ0n) is 14.2. The fourth-order valence-corrected chi connectivity index (χ4v) is 3.08. The van der Waals surface area contributed by atoms with Crippen LogP contribution >= 0.6 is 0 Å². The molecule has 0 radical (unpaired) electrons. The molecule has 0 saturated heterocycles. The number of hydrogen-bond acceptors (Lipinski definition) is 5. The summed E-state index contributed by atoms with van der Waals surface area (Å²) in [7, 11) is 1.64. The van der Waals surface area contributed by atoms with Gasteiger partial charge in [-0.25, -0.2) is 9.97 Å². The van der Waals surface area contributed by atoms with E-state index in [1.165, 1.54) is 0 Å². The number of anilines is 1. The topological polar surface area (TPSA) is 89.8 Å². The van der Waals surface area contributed by atoms with E-state index in [4.69, 9.17) is 10.5 Å². The SMILES string of the molecule is CCn1cnc2c(-c3c(C)ccc(OC)c3C)c(N)c(C#N)nc21. The van der Waals surface area contributed by atoms with Gasteiger partial charge in [0.2, 0.25) is 0 Å². The number of methoxy groups -OCH3 is 1. The van der Waals surface area contributed by atoms with Crippen LogP contribution in [0.15, 0.2) is 18.5 Å². The number of rotatable bonds is 3. The number of nitrogens with zero attached hydrogens (tertiary/aromatic N) is 4. The fourth-order valence-electron chi connectivity index (χ4n) is 3.08. The minimum Gasteiger partial charge on any atom is -0.496 e. The van der Waals surface area contributed by atoms with E-state index in [1.54, 1.807) is 13.4 Å². The van der Waals surface area contributed by atoms with Gasteiger partial charge >= 0.3 is 0 Å². The Morgan fingerprint density at radius 1 is 1.29 bits per heavy atom. The van der Waals surface area contributed by atoms with Crippen molar-refractivity contribution in [1.82, 2.24) is 14.5 Å². The lowest BCUT2D eigenvalue weighted by atomic mass is 9.93. The Morgan fingerprint density at radius 2 is 2.04 bits per heavy atom. The van der Waals surface area contributed by atoms with E-state index < -0.39 is 0 Å². The molecule has 0 aliphatic heterocycles. The van der Waals surface area contributed by atoms with Crippen LogP contribution in [0.2, 0.25) is 0 Å². The van der Waals surface area contributed by atoms with Crippen LogP contribution in [-0.4, -0.2) is 21.6 Å². The highest BCUT2D eigenvalue weighted by Gasteiger charge is 2.21. The average molecular weight is 321 g/mol. The highest BCUT2D eigenvalue weighted by molar-refractivity contribution is 6.00. The Bertz CT molecular complexity index is 981. The lowest BCUT2D eigenvalue weighted by Gasteiger charge is -2.16. The fraction of sp³-hybridized carbons (Fsp3) is 0.278. The molecule has 6 heteroatoms. The van der Waals surface area contributed by atoms with E-state index in [0.717, 1.165) is 28.0 Å². The molecule has 0 unspecified atom stereocenters. The molecule has 0 saturated carbocycles. The van der Waals surface area contributed by atoms with Crippen molar-refractivity contribution in [3.63, 3.8) is 0 Å². The summed E-state index contributed by atoms with van der Waals surface area (Å²) in [6.45, 7) is 6.72. The summed E-state index contributed by atoms with van der Waals surface area (Å²) < 4.78 is 7.36. The van der Waals surface area contributed by atoms with Crippen LogP contribution in [0.3, 0.4) is 0 Å². The smallest absolute Gasteiger partial charge is 0.166 e. The Kier molecular flexibility index (Phi) is 3.86. The Morgan fingerprint density at radius 3 is 2.67 bits per heavy atom. The lowest BCUT2D eigenvalue weighted by molar-refractivity contribution is 0.412. The molecule has 1 aromatic carbocycles. The molecule has 0 aliphatic rings. The number of fused-ring (bicyclic) bond motifs is 1. The van der Waals surface area contributed by atoms with Gasteiger partial charge in [0.1, 0.15) is 17.3 Å². The first-order chi connectivity index (χ1) is 11.5. The van der Waals surface area contributed by atoms with Crippen molar-refractivity contribution in [1.29, 1.82) is 5.26 Å². The summed E-state index contributed by atoms with van der Waals surface area (Å²) >= 11 is 0. The van der Waals surface area contributed by atoms with E-state index in [2.05, 4.69) is 16.0 Å². The van der Waals surface area contributed by atoms with Crippen molar-refractivity contribution in [2.24, 2.45) is 0 Å². The quantitative estimate of drug-likeness (QED) is 0.800. The molecule has 3 rings (SSSR count).